The van der Waals surface area contributed by atoms with E-state index in [0.29, 0.717) is 5.62 Å². The number of carboxylic acid groups (broad SMARTS) is 2. The number of carbonyl (C=O) groups excluding carboxylic acids is 3. The molecule has 11 heteroatoms. The predicted molar refractivity (Wildman–Crippen MR) is 76.6 cm³/mol. The SMILES string of the molecule is NC(CCC(=O)NC(CSC=O)C(=O)NCC(=O)O)C(=O)O. The van der Waals surface area contributed by atoms with Crippen LogP contribution in [-0.4, -0.2) is 64.0 Å². The second kappa shape index (κ2) is 10.6. The molecule has 6 N–H and O–H groups in total. The van der Waals surface area contributed by atoms with E-state index >= 15 is 0 Å². The monoisotopic (exact) mass is 335 g/mol. The third-order valence-corrected chi connectivity index (χ3v) is 3.06. The number of amides is 2. The van der Waals surface area contributed by atoms with E-state index in [1.54, 1.807) is 0 Å². The molecule has 0 rings (SSSR count). The Balaban J connectivity index is 4.46. The second-order valence-electron chi connectivity index (χ2n) is 4.14. The lowest BCUT2D eigenvalue weighted by molar-refractivity contribution is -0.139. The first kappa shape index (κ1) is 19.9. The van der Waals surface area contributed by atoms with Crippen molar-refractivity contribution in [3.05, 3.63) is 0 Å². The van der Waals surface area contributed by atoms with E-state index < -0.39 is 42.4 Å². The smallest absolute Gasteiger partial charge is 0.322 e. The highest BCUT2D eigenvalue weighted by atomic mass is 32.2. The number of hydrogen-bond donors (Lipinski definition) is 5. The molecule has 0 fully saturated rings. The van der Waals surface area contributed by atoms with E-state index in [4.69, 9.17) is 15.9 Å². The molecular formula is C11H17N3O7S. The molecule has 0 saturated carbocycles. The first-order chi connectivity index (χ1) is 10.3. The minimum Gasteiger partial charge on any atom is -0.480 e. The van der Waals surface area contributed by atoms with Gasteiger partial charge in [0.2, 0.25) is 11.8 Å². The van der Waals surface area contributed by atoms with Gasteiger partial charge >= 0.3 is 11.9 Å². The van der Waals surface area contributed by atoms with Crippen molar-refractivity contribution in [1.29, 1.82) is 0 Å². The van der Waals surface area contributed by atoms with Gasteiger partial charge in [-0.25, -0.2) is 0 Å². The molecule has 0 radical (unpaired) electrons. The van der Waals surface area contributed by atoms with E-state index in [2.05, 4.69) is 10.6 Å². The van der Waals surface area contributed by atoms with E-state index in [-0.39, 0.29) is 18.6 Å². The minimum absolute atomic E-state index is 0.0777. The zero-order valence-corrected chi connectivity index (χ0v) is 12.3. The lowest BCUT2D eigenvalue weighted by Gasteiger charge is -2.17. The lowest BCUT2D eigenvalue weighted by Crippen LogP contribution is -2.49. The van der Waals surface area contributed by atoms with Crippen LogP contribution in [0.2, 0.25) is 0 Å². The van der Waals surface area contributed by atoms with Crippen molar-refractivity contribution in [2.24, 2.45) is 5.73 Å². The Hall–Kier alpha value is -2.14. The van der Waals surface area contributed by atoms with E-state index in [0.717, 1.165) is 11.8 Å². The summed E-state index contributed by atoms with van der Waals surface area (Å²) in [5.74, 6) is -3.97. The number of nitrogens with two attached hydrogens (primary N) is 1. The summed E-state index contributed by atoms with van der Waals surface area (Å²) in [6.07, 6.45) is -0.340. The molecule has 2 amide bonds. The van der Waals surface area contributed by atoms with Crippen molar-refractivity contribution in [1.82, 2.24) is 10.6 Å². The summed E-state index contributed by atoms with van der Waals surface area (Å²) in [6, 6.07) is -2.31. The number of carboxylic acids is 2. The molecule has 10 nitrogen and oxygen atoms in total. The molecule has 0 aromatic rings. The fraction of sp³-hybridized carbons (Fsp3) is 0.545. The third kappa shape index (κ3) is 8.92. The molecule has 2 unspecified atom stereocenters. The Morgan fingerprint density at radius 2 is 1.86 bits per heavy atom. The maximum absolute atomic E-state index is 11.7. The number of carbonyl (C=O) groups is 5. The molecule has 0 aliphatic heterocycles. The molecule has 124 valence electrons. The van der Waals surface area contributed by atoms with Crippen LogP contribution in [0.15, 0.2) is 0 Å². The van der Waals surface area contributed by atoms with Gasteiger partial charge in [0.15, 0.2) is 5.62 Å². The van der Waals surface area contributed by atoms with Crippen LogP contribution in [0.25, 0.3) is 0 Å². The van der Waals surface area contributed by atoms with E-state index in [1.165, 1.54) is 0 Å². The van der Waals surface area contributed by atoms with Gasteiger partial charge < -0.3 is 26.6 Å². The van der Waals surface area contributed by atoms with Crippen molar-refractivity contribution in [2.45, 2.75) is 24.9 Å². The van der Waals surface area contributed by atoms with Gasteiger partial charge in [-0.2, -0.15) is 0 Å². The number of nitrogens with one attached hydrogen (secondary N) is 2. The standard InChI is InChI=1S/C11H17N3O7S/c12-6(11(20)21)1-2-8(16)14-7(4-22-5-15)10(19)13-3-9(17)18/h5-7H,1-4,12H2,(H,13,19)(H,14,16)(H,17,18)(H,20,21). The van der Waals surface area contributed by atoms with Gasteiger partial charge in [0.1, 0.15) is 18.6 Å². The molecule has 0 saturated heterocycles. The maximum Gasteiger partial charge on any atom is 0.322 e. The highest BCUT2D eigenvalue weighted by molar-refractivity contribution is 8.11. The van der Waals surface area contributed by atoms with Crippen LogP contribution >= 0.6 is 11.8 Å². The summed E-state index contributed by atoms with van der Waals surface area (Å²) < 4.78 is 0. The molecule has 0 heterocycles. The highest BCUT2D eigenvalue weighted by Crippen LogP contribution is 2.01. The van der Waals surface area contributed by atoms with Crippen LogP contribution in [-0.2, 0) is 24.0 Å². The largest absolute Gasteiger partial charge is 0.480 e. The van der Waals surface area contributed by atoms with Gasteiger partial charge in [0.05, 0.1) is 0 Å². The average Bonchev–Trinajstić information content (AvgIpc) is 2.46. The molecule has 0 aromatic carbocycles. The Kier molecular flexibility index (Phi) is 9.54. The second-order valence-corrected chi connectivity index (χ2v) is 5.00. The Bertz CT molecular complexity index is 443. The topological polar surface area (TPSA) is 176 Å². The Labute approximate surface area is 129 Å². The van der Waals surface area contributed by atoms with Crippen molar-refractivity contribution in [3.8, 4) is 0 Å². The molecule has 0 spiro atoms. The van der Waals surface area contributed by atoms with Gasteiger partial charge in [0, 0.05) is 12.2 Å². The van der Waals surface area contributed by atoms with Crippen molar-refractivity contribution < 1.29 is 34.2 Å². The normalized spacial score (nSPS) is 12.8. The molecule has 22 heavy (non-hydrogen) atoms. The summed E-state index contributed by atoms with van der Waals surface area (Å²) >= 11 is 0.728. The first-order valence-electron chi connectivity index (χ1n) is 6.10. The van der Waals surface area contributed by atoms with Crippen LogP contribution < -0.4 is 16.4 Å². The number of rotatable bonds is 11. The summed E-state index contributed by atoms with van der Waals surface area (Å²) in [5.41, 5.74) is 5.72. The molecule has 0 aromatic heterocycles. The Morgan fingerprint density at radius 3 is 2.36 bits per heavy atom. The predicted octanol–water partition coefficient (Wildman–Crippen LogP) is -2.21. The van der Waals surface area contributed by atoms with E-state index in [1.807, 2.05) is 0 Å². The van der Waals surface area contributed by atoms with Crippen molar-refractivity contribution >= 4 is 41.1 Å². The van der Waals surface area contributed by atoms with Gasteiger partial charge in [-0.1, -0.05) is 11.8 Å². The summed E-state index contributed by atoms with van der Waals surface area (Å²) in [5, 5.41) is 21.4. The molecular weight excluding hydrogens is 318 g/mol. The zero-order chi connectivity index (χ0) is 17.1. The number of aliphatic carboxylic acids is 2. The third-order valence-electron chi connectivity index (χ3n) is 2.40. The van der Waals surface area contributed by atoms with E-state index in [9.17, 15) is 24.0 Å². The minimum atomic E-state index is -1.26. The van der Waals surface area contributed by atoms with Gasteiger partial charge in [-0.3, -0.25) is 24.0 Å². The van der Waals surface area contributed by atoms with Gasteiger partial charge in [-0.15, -0.1) is 0 Å². The van der Waals surface area contributed by atoms with Gasteiger partial charge in [0.25, 0.3) is 0 Å². The maximum atomic E-state index is 11.7. The molecule has 0 bridgehead atoms. The fourth-order valence-electron chi connectivity index (χ4n) is 1.28. The number of hydrogen-bond acceptors (Lipinski definition) is 7. The zero-order valence-electron chi connectivity index (χ0n) is 11.5. The summed E-state index contributed by atoms with van der Waals surface area (Å²) in [4.78, 5) is 54.5. The van der Waals surface area contributed by atoms with Crippen LogP contribution in [0.3, 0.4) is 0 Å². The van der Waals surface area contributed by atoms with Crippen molar-refractivity contribution in [3.63, 3.8) is 0 Å². The fourth-order valence-corrected chi connectivity index (χ4v) is 1.79. The summed E-state index contributed by atoms with van der Waals surface area (Å²) in [7, 11) is 0. The van der Waals surface area contributed by atoms with Crippen LogP contribution in [0.1, 0.15) is 12.8 Å². The average molecular weight is 335 g/mol. The quantitative estimate of drug-likeness (QED) is 0.262. The van der Waals surface area contributed by atoms with Gasteiger partial charge in [-0.05, 0) is 6.42 Å². The first-order valence-corrected chi connectivity index (χ1v) is 7.15. The summed E-state index contributed by atoms with van der Waals surface area (Å²) in [6.45, 7) is -0.624. The molecule has 2 atom stereocenters. The molecule has 0 aliphatic rings. The van der Waals surface area contributed by atoms with Crippen LogP contribution in [0, 0.1) is 0 Å². The number of thioether (sulfide) groups is 1. The highest BCUT2D eigenvalue weighted by Gasteiger charge is 2.22. The lowest BCUT2D eigenvalue weighted by atomic mass is 10.1. The molecule has 0 aliphatic carbocycles. The Morgan fingerprint density at radius 1 is 1.23 bits per heavy atom. The van der Waals surface area contributed by atoms with Crippen LogP contribution in [0.4, 0.5) is 0 Å². The van der Waals surface area contributed by atoms with Crippen LogP contribution in [0.5, 0.6) is 0 Å². The van der Waals surface area contributed by atoms with Crippen molar-refractivity contribution in [2.75, 3.05) is 12.3 Å².